The number of hydrogen-bond acceptors (Lipinski definition) is 4. The second-order valence-electron chi connectivity index (χ2n) is 13.6. The molecule has 3 aliphatic carbocycles. The van der Waals surface area contributed by atoms with Crippen LogP contribution >= 0.6 is 23.2 Å². The number of hydrogen-bond donors (Lipinski definition) is 2. The van der Waals surface area contributed by atoms with Gasteiger partial charge in [0.25, 0.3) is 5.91 Å². The molecule has 0 spiro atoms. The molecule has 238 valence electrons. The molecule has 0 aromatic heterocycles. The normalized spacial score (nSPS) is 26.9. The van der Waals surface area contributed by atoms with Gasteiger partial charge >= 0.3 is 13.3 Å². The van der Waals surface area contributed by atoms with Crippen LogP contribution in [0.4, 0.5) is 13.2 Å². The van der Waals surface area contributed by atoms with Crippen LogP contribution in [0.2, 0.25) is 10.0 Å². The summed E-state index contributed by atoms with van der Waals surface area (Å²) >= 11 is 12.3. The third kappa shape index (κ3) is 6.50. The Hall–Kier alpha value is -2.27. The average molecular weight is 653 g/mol. The second-order valence-corrected chi connectivity index (χ2v) is 14.5. The summed E-state index contributed by atoms with van der Waals surface area (Å²) in [6.45, 7) is 10.7. The summed E-state index contributed by atoms with van der Waals surface area (Å²) < 4.78 is 52.7. The van der Waals surface area contributed by atoms with E-state index in [-0.39, 0.29) is 39.5 Å². The number of halogens is 5. The van der Waals surface area contributed by atoms with Gasteiger partial charge in [0.15, 0.2) is 0 Å². The first-order valence-corrected chi connectivity index (χ1v) is 15.8. The van der Waals surface area contributed by atoms with Crippen LogP contribution in [0.15, 0.2) is 42.5 Å². The van der Waals surface area contributed by atoms with Crippen LogP contribution in [-0.2, 0) is 26.7 Å². The summed E-state index contributed by atoms with van der Waals surface area (Å²) in [6.07, 6.45) is -2.11. The van der Waals surface area contributed by atoms with Gasteiger partial charge in [-0.05, 0) is 85.3 Å². The molecule has 3 saturated carbocycles. The van der Waals surface area contributed by atoms with E-state index in [4.69, 9.17) is 32.5 Å². The number of carbonyl (C=O) groups excluding carboxylic acids is 2. The van der Waals surface area contributed by atoms with E-state index in [1.165, 1.54) is 30.3 Å². The van der Waals surface area contributed by atoms with Gasteiger partial charge in [0.1, 0.15) is 6.04 Å². The van der Waals surface area contributed by atoms with Gasteiger partial charge in [-0.3, -0.25) is 9.59 Å². The Kier molecular flexibility index (Phi) is 9.15. The Morgan fingerprint density at radius 3 is 2.34 bits per heavy atom. The van der Waals surface area contributed by atoms with Crippen LogP contribution in [-0.4, -0.2) is 42.6 Å². The molecular weight excluding hydrogens is 615 g/mol. The molecule has 6 nitrogen and oxygen atoms in total. The summed E-state index contributed by atoms with van der Waals surface area (Å²) in [5.74, 6) is -0.591. The van der Waals surface area contributed by atoms with Gasteiger partial charge in [-0.15, -0.1) is 0 Å². The second kappa shape index (κ2) is 12.2. The predicted molar refractivity (Wildman–Crippen MR) is 164 cm³/mol. The maximum Gasteiger partial charge on any atom is 0.481 e. The molecular formula is C32H38BCl2F3N2O4. The van der Waals surface area contributed by atoms with E-state index in [0.717, 1.165) is 25.0 Å². The van der Waals surface area contributed by atoms with Crippen molar-refractivity contribution in [3.8, 4) is 0 Å². The van der Waals surface area contributed by atoms with Crippen molar-refractivity contribution >= 4 is 42.1 Å². The van der Waals surface area contributed by atoms with E-state index in [0.29, 0.717) is 23.8 Å². The van der Waals surface area contributed by atoms with Crippen LogP contribution in [0.3, 0.4) is 0 Å². The maximum absolute atomic E-state index is 13.9. The fraction of sp³-hybridized carbons (Fsp3) is 0.562. The van der Waals surface area contributed by atoms with Crippen molar-refractivity contribution in [3.05, 3.63) is 69.2 Å². The van der Waals surface area contributed by atoms with E-state index in [1.54, 1.807) is 0 Å². The molecule has 1 heterocycles. The van der Waals surface area contributed by atoms with E-state index in [9.17, 15) is 22.8 Å². The van der Waals surface area contributed by atoms with Gasteiger partial charge in [-0.1, -0.05) is 63.0 Å². The molecule has 1 aliphatic heterocycles. The first kappa shape index (κ1) is 33.1. The molecule has 0 radical (unpaired) electrons. The first-order valence-electron chi connectivity index (χ1n) is 15.0. The van der Waals surface area contributed by atoms with E-state index in [2.05, 4.69) is 31.4 Å². The number of alkyl halides is 3. The van der Waals surface area contributed by atoms with Crippen LogP contribution in [0.25, 0.3) is 0 Å². The highest BCUT2D eigenvalue weighted by Gasteiger charge is 2.68. The molecule has 4 aliphatic rings. The highest BCUT2D eigenvalue weighted by molar-refractivity contribution is 6.48. The van der Waals surface area contributed by atoms with Gasteiger partial charge in [0, 0.05) is 11.4 Å². The predicted octanol–water partition coefficient (Wildman–Crippen LogP) is 7.15. The van der Waals surface area contributed by atoms with Gasteiger partial charge in [0.05, 0.1) is 33.8 Å². The highest BCUT2D eigenvalue weighted by atomic mass is 35.5. The zero-order valence-electron chi connectivity index (χ0n) is 25.4. The third-order valence-corrected chi connectivity index (χ3v) is 10.4. The van der Waals surface area contributed by atoms with Crippen LogP contribution in [0.1, 0.15) is 75.4 Å². The lowest BCUT2D eigenvalue weighted by Crippen LogP contribution is -2.65. The number of carbonyl (C=O) groups is 2. The average Bonchev–Trinajstić information content (AvgIpc) is 3.30. The standard InChI is InChI=1S/C32H38BCl2F3N2O4/c1-17(2)12-27(33-43-26-15-20-14-25(30(20,3)4)31(26,5)44-33)40-29(42)24(13-18-6-8-19(9-7-18)32(36,37)38)39-28(41)22-16-21(34)10-11-23(22)35/h6-11,16-17,20,24-27H,12-15H2,1-5H3,(H,39,41)(H,40,42)/t20-,24-,25-,26+,27-,31-/m0/s1. The molecule has 2 bridgehead atoms. The fourth-order valence-electron chi connectivity index (χ4n) is 7.28. The van der Waals surface area contributed by atoms with Crippen molar-refractivity contribution in [2.24, 2.45) is 23.2 Å². The van der Waals surface area contributed by atoms with Gasteiger partial charge in [0.2, 0.25) is 5.91 Å². The van der Waals surface area contributed by atoms with Crippen LogP contribution in [0.5, 0.6) is 0 Å². The summed E-state index contributed by atoms with van der Waals surface area (Å²) in [7, 11) is -0.684. The Labute approximate surface area is 266 Å². The topological polar surface area (TPSA) is 76.7 Å². The van der Waals surface area contributed by atoms with Gasteiger partial charge in [-0.25, -0.2) is 0 Å². The SMILES string of the molecule is CC(C)C[C@H](NC(=O)[C@H](Cc1ccc(C(F)(F)F)cc1)NC(=O)c1cc(Cl)ccc1Cl)B1O[C@@H]2C[C@@H]3C[C@@H](C3(C)C)[C@]2(C)O1. The van der Waals surface area contributed by atoms with Crippen molar-refractivity contribution in [2.45, 2.75) is 90.2 Å². The van der Waals surface area contributed by atoms with Gasteiger partial charge < -0.3 is 19.9 Å². The minimum Gasteiger partial charge on any atom is -0.404 e. The Morgan fingerprint density at radius 1 is 1.05 bits per heavy atom. The summed E-state index contributed by atoms with van der Waals surface area (Å²) in [6, 6.07) is 7.77. The maximum atomic E-state index is 13.9. The molecule has 1 saturated heterocycles. The van der Waals surface area contributed by atoms with Crippen LogP contribution < -0.4 is 10.6 Å². The molecule has 6 rings (SSSR count). The number of benzene rings is 2. The van der Waals surface area contributed by atoms with Crippen molar-refractivity contribution < 1.29 is 32.1 Å². The molecule has 12 heteroatoms. The molecule has 2 amide bonds. The quantitative estimate of drug-likeness (QED) is 0.282. The minimum atomic E-state index is -4.50. The molecule has 6 atom stereocenters. The molecule has 2 aromatic rings. The number of nitrogens with one attached hydrogen (secondary N) is 2. The molecule has 0 unspecified atom stereocenters. The molecule has 2 aromatic carbocycles. The van der Waals surface area contributed by atoms with Crippen molar-refractivity contribution in [1.82, 2.24) is 10.6 Å². The van der Waals surface area contributed by atoms with Crippen LogP contribution in [0, 0.1) is 23.2 Å². The Bertz CT molecular complexity index is 1410. The smallest absolute Gasteiger partial charge is 0.404 e. The summed E-state index contributed by atoms with van der Waals surface area (Å²) in [4.78, 5) is 27.2. The summed E-state index contributed by atoms with van der Waals surface area (Å²) in [5, 5.41) is 6.22. The zero-order chi connectivity index (χ0) is 32.2. The highest BCUT2D eigenvalue weighted by Crippen LogP contribution is 2.65. The Balaban J connectivity index is 1.38. The number of amides is 2. The lowest BCUT2D eigenvalue weighted by Gasteiger charge is -2.64. The van der Waals surface area contributed by atoms with Crippen molar-refractivity contribution in [2.75, 3.05) is 0 Å². The number of rotatable bonds is 9. The monoisotopic (exact) mass is 652 g/mol. The van der Waals surface area contributed by atoms with Gasteiger partial charge in [-0.2, -0.15) is 13.2 Å². The van der Waals surface area contributed by atoms with E-state index in [1.807, 2.05) is 13.8 Å². The molecule has 2 N–H and O–H groups in total. The lowest BCUT2D eigenvalue weighted by atomic mass is 9.43. The fourth-order valence-corrected chi connectivity index (χ4v) is 7.66. The largest absolute Gasteiger partial charge is 0.481 e. The summed E-state index contributed by atoms with van der Waals surface area (Å²) in [5.41, 5.74) is -0.617. The third-order valence-electron chi connectivity index (χ3n) is 9.87. The van der Waals surface area contributed by atoms with Crippen molar-refractivity contribution in [3.63, 3.8) is 0 Å². The minimum absolute atomic E-state index is 0.0625. The zero-order valence-corrected chi connectivity index (χ0v) is 26.9. The molecule has 44 heavy (non-hydrogen) atoms. The lowest BCUT2D eigenvalue weighted by molar-refractivity contribution is -0.199. The Morgan fingerprint density at radius 2 is 1.73 bits per heavy atom. The van der Waals surface area contributed by atoms with E-state index < -0.39 is 48.3 Å². The molecule has 4 fully saturated rings. The van der Waals surface area contributed by atoms with E-state index >= 15 is 0 Å². The first-order chi connectivity index (χ1) is 20.5. The van der Waals surface area contributed by atoms with Crippen molar-refractivity contribution in [1.29, 1.82) is 0 Å².